The van der Waals surface area contributed by atoms with Crippen LogP contribution in [-0.2, 0) is 4.74 Å². The van der Waals surface area contributed by atoms with Crippen LogP contribution < -0.4 is 0 Å². The van der Waals surface area contributed by atoms with Gasteiger partial charge < -0.3 is 9.26 Å². The van der Waals surface area contributed by atoms with E-state index < -0.39 is 5.97 Å². The molecule has 4 heterocycles. The number of hydrogen-bond donors (Lipinski definition) is 0. The minimum Gasteiger partial charge on any atom is -0.461 e. The van der Waals surface area contributed by atoms with Crippen LogP contribution in [0.1, 0.15) is 53.7 Å². The molecule has 3 saturated heterocycles. The van der Waals surface area contributed by atoms with Crippen molar-refractivity contribution in [1.82, 2.24) is 10.1 Å². The molecule has 3 aliphatic rings. The van der Waals surface area contributed by atoms with E-state index in [1.165, 1.54) is 18.9 Å². The topological polar surface area (TPSA) is 72.6 Å². The number of ketones is 1. The summed E-state index contributed by atoms with van der Waals surface area (Å²) in [5.74, 6) is 0.273. The molecule has 1 atom stereocenters. The Labute approximate surface area is 123 Å². The van der Waals surface area contributed by atoms with E-state index in [0.717, 1.165) is 25.4 Å². The fourth-order valence-corrected chi connectivity index (χ4v) is 3.32. The summed E-state index contributed by atoms with van der Waals surface area (Å²) in [5.41, 5.74) is 0.0608. The first-order valence-corrected chi connectivity index (χ1v) is 7.58. The first-order chi connectivity index (χ1) is 10.2. The standard InChI is InChI=1S/C15H20N2O4/c1-2-20-15(19)12-9-14(21-16-12)13(18)8-11-7-10-3-5-17(11)6-4-10/h9-11H,2-8H2,1H3. The van der Waals surface area contributed by atoms with Gasteiger partial charge in [0.1, 0.15) is 0 Å². The van der Waals surface area contributed by atoms with Crippen molar-refractivity contribution in [1.29, 1.82) is 0 Å². The predicted octanol–water partition coefficient (Wildman–Crippen LogP) is 1.91. The molecular weight excluding hydrogens is 272 g/mol. The molecular formula is C15H20N2O4. The maximum Gasteiger partial charge on any atom is 0.360 e. The number of fused-ring (bicyclic) bond motifs is 3. The molecule has 0 saturated carbocycles. The zero-order valence-electron chi connectivity index (χ0n) is 12.2. The van der Waals surface area contributed by atoms with Crippen LogP contribution in [-0.4, -0.2) is 47.5 Å². The molecule has 0 radical (unpaired) electrons. The number of rotatable bonds is 5. The molecule has 3 aliphatic heterocycles. The van der Waals surface area contributed by atoms with Crippen LogP contribution in [0.15, 0.2) is 10.6 Å². The highest BCUT2D eigenvalue weighted by Gasteiger charge is 2.35. The van der Waals surface area contributed by atoms with E-state index in [1.54, 1.807) is 6.92 Å². The summed E-state index contributed by atoms with van der Waals surface area (Å²) in [5, 5.41) is 3.61. The van der Waals surface area contributed by atoms with Crippen molar-refractivity contribution >= 4 is 11.8 Å². The summed E-state index contributed by atoms with van der Waals surface area (Å²) in [6.45, 7) is 4.17. The van der Waals surface area contributed by atoms with Crippen molar-refractivity contribution in [2.24, 2.45) is 5.92 Å². The van der Waals surface area contributed by atoms with Crippen LogP contribution in [0.2, 0.25) is 0 Å². The Balaban J connectivity index is 1.62. The fourth-order valence-electron chi connectivity index (χ4n) is 3.32. The number of carbonyl (C=O) groups is 2. The third-order valence-electron chi connectivity index (χ3n) is 4.46. The molecule has 0 amide bonds. The highest BCUT2D eigenvalue weighted by molar-refractivity contribution is 5.96. The van der Waals surface area contributed by atoms with E-state index in [2.05, 4.69) is 10.1 Å². The molecule has 0 spiro atoms. The Bertz CT molecular complexity index is 532. The first-order valence-electron chi connectivity index (χ1n) is 7.58. The molecule has 0 aliphatic carbocycles. The molecule has 4 rings (SSSR count). The van der Waals surface area contributed by atoms with E-state index in [4.69, 9.17) is 9.26 Å². The van der Waals surface area contributed by atoms with Crippen molar-refractivity contribution in [2.45, 2.75) is 38.6 Å². The van der Waals surface area contributed by atoms with Gasteiger partial charge in [-0.25, -0.2) is 4.79 Å². The number of carbonyl (C=O) groups excluding carboxylic acids is 2. The van der Waals surface area contributed by atoms with Crippen LogP contribution in [0.25, 0.3) is 0 Å². The Morgan fingerprint density at radius 1 is 1.43 bits per heavy atom. The van der Waals surface area contributed by atoms with E-state index in [0.29, 0.717) is 12.5 Å². The molecule has 1 aromatic rings. The second kappa shape index (κ2) is 5.97. The minimum atomic E-state index is -0.555. The highest BCUT2D eigenvalue weighted by Crippen LogP contribution is 2.33. The molecule has 3 fully saturated rings. The van der Waals surface area contributed by atoms with Gasteiger partial charge in [0, 0.05) is 18.5 Å². The summed E-state index contributed by atoms with van der Waals surface area (Å²) in [4.78, 5) is 26.2. The maximum atomic E-state index is 12.3. The van der Waals surface area contributed by atoms with Crippen molar-refractivity contribution in [3.05, 3.63) is 17.5 Å². The van der Waals surface area contributed by atoms with E-state index in [-0.39, 0.29) is 23.8 Å². The normalized spacial score (nSPS) is 27.6. The zero-order valence-corrected chi connectivity index (χ0v) is 12.2. The third kappa shape index (κ3) is 3.00. The fraction of sp³-hybridized carbons (Fsp3) is 0.667. The van der Waals surface area contributed by atoms with Crippen molar-refractivity contribution < 1.29 is 18.8 Å². The Morgan fingerprint density at radius 2 is 2.19 bits per heavy atom. The van der Waals surface area contributed by atoms with Gasteiger partial charge >= 0.3 is 5.97 Å². The van der Waals surface area contributed by atoms with E-state index in [1.807, 2.05) is 0 Å². The van der Waals surface area contributed by atoms with Gasteiger partial charge in [-0.05, 0) is 45.2 Å². The Kier molecular flexibility index (Phi) is 4.05. The van der Waals surface area contributed by atoms with Crippen molar-refractivity contribution in [3.8, 4) is 0 Å². The lowest BCUT2D eigenvalue weighted by molar-refractivity contribution is 0.0417. The second-order valence-electron chi connectivity index (χ2n) is 5.79. The SMILES string of the molecule is CCOC(=O)c1cc(C(=O)CC2CC3CCN2CC3)on1. The van der Waals surface area contributed by atoms with Crippen LogP contribution in [0, 0.1) is 5.92 Å². The predicted molar refractivity (Wildman–Crippen MR) is 74.1 cm³/mol. The summed E-state index contributed by atoms with van der Waals surface area (Å²) in [6.07, 6.45) is 4.03. The van der Waals surface area contributed by atoms with Gasteiger partial charge in [-0.1, -0.05) is 5.16 Å². The third-order valence-corrected chi connectivity index (χ3v) is 4.46. The maximum absolute atomic E-state index is 12.3. The van der Waals surface area contributed by atoms with E-state index in [9.17, 15) is 9.59 Å². The van der Waals surface area contributed by atoms with E-state index >= 15 is 0 Å². The van der Waals surface area contributed by atoms with Crippen molar-refractivity contribution in [2.75, 3.05) is 19.7 Å². The number of Topliss-reactive ketones (excluding diaryl/α,β-unsaturated/α-hetero) is 1. The quantitative estimate of drug-likeness (QED) is 0.609. The molecule has 0 aromatic carbocycles. The Morgan fingerprint density at radius 3 is 2.81 bits per heavy atom. The average Bonchev–Trinajstić information content (AvgIpc) is 2.99. The summed E-state index contributed by atoms with van der Waals surface area (Å²) >= 11 is 0. The molecule has 2 bridgehead atoms. The molecule has 21 heavy (non-hydrogen) atoms. The average molecular weight is 292 g/mol. The summed E-state index contributed by atoms with van der Waals surface area (Å²) in [7, 11) is 0. The monoisotopic (exact) mass is 292 g/mol. The lowest BCUT2D eigenvalue weighted by Crippen LogP contribution is -2.49. The Hall–Kier alpha value is -1.69. The van der Waals surface area contributed by atoms with Gasteiger partial charge in [0.2, 0.25) is 11.5 Å². The zero-order chi connectivity index (χ0) is 14.8. The van der Waals surface area contributed by atoms with Gasteiger partial charge in [-0.2, -0.15) is 0 Å². The molecule has 1 unspecified atom stereocenters. The van der Waals surface area contributed by atoms with Gasteiger partial charge in [-0.15, -0.1) is 0 Å². The van der Waals surface area contributed by atoms with Gasteiger partial charge in [0.05, 0.1) is 6.61 Å². The summed E-state index contributed by atoms with van der Waals surface area (Å²) in [6, 6.07) is 1.69. The van der Waals surface area contributed by atoms with Crippen LogP contribution in [0.5, 0.6) is 0 Å². The van der Waals surface area contributed by atoms with Crippen LogP contribution in [0.3, 0.4) is 0 Å². The second-order valence-corrected chi connectivity index (χ2v) is 5.79. The number of hydrogen-bond acceptors (Lipinski definition) is 6. The molecule has 6 heteroatoms. The number of nitrogens with zero attached hydrogens (tertiary/aromatic N) is 2. The van der Waals surface area contributed by atoms with Crippen LogP contribution >= 0.6 is 0 Å². The summed E-state index contributed by atoms with van der Waals surface area (Å²) < 4.78 is 9.83. The number of aromatic nitrogens is 1. The van der Waals surface area contributed by atoms with Gasteiger partial charge in [0.15, 0.2) is 5.69 Å². The van der Waals surface area contributed by atoms with Crippen molar-refractivity contribution in [3.63, 3.8) is 0 Å². The lowest BCUT2D eigenvalue weighted by Gasteiger charge is -2.45. The molecule has 0 N–H and O–H groups in total. The largest absolute Gasteiger partial charge is 0.461 e. The number of ether oxygens (including phenoxy) is 1. The smallest absolute Gasteiger partial charge is 0.360 e. The minimum absolute atomic E-state index is 0.0608. The molecule has 1 aromatic heterocycles. The first kappa shape index (κ1) is 14.3. The molecule has 114 valence electrons. The van der Waals surface area contributed by atoms with Gasteiger partial charge in [-0.3, -0.25) is 9.69 Å². The lowest BCUT2D eigenvalue weighted by atomic mass is 9.81. The van der Waals surface area contributed by atoms with Gasteiger partial charge in [0.25, 0.3) is 0 Å². The number of esters is 1. The van der Waals surface area contributed by atoms with Crippen LogP contribution in [0.4, 0.5) is 0 Å². The molecule has 6 nitrogen and oxygen atoms in total. The number of piperidine rings is 3. The highest BCUT2D eigenvalue weighted by atomic mass is 16.5.